The fourth-order valence-electron chi connectivity index (χ4n) is 4.08. The fourth-order valence-corrected chi connectivity index (χ4v) is 5.08. The number of nitrogens with zero attached hydrogens (tertiary/aromatic N) is 3. The molecular weight excluding hydrogens is 447 g/mol. The van der Waals surface area contributed by atoms with Gasteiger partial charge in [0.05, 0.1) is 4.88 Å². The molecule has 0 bridgehead atoms. The number of hydrazine groups is 1. The minimum atomic E-state index is -0.447. The Balaban J connectivity index is 1.29. The van der Waals surface area contributed by atoms with Crippen LogP contribution in [0.4, 0.5) is 4.39 Å². The van der Waals surface area contributed by atoms with Crippen LogP contribution in [0.25, 0.3) is 10.7 Å². The van der Waals surface area contributed by atoms with Gasteiger partial charge in [0, 0.05) is 25.7 Å². The summed E-state index contributed by atoms with van der Waals surface area (Å²) in [4.78, 5) is 15.8. The summed E-state index contributed by atoms with van der Waals surface area (Å²) >= 11 is 6.95. The fraction of sp³-hybridized carbons (Fsp3) is 0.409. The number of rotatable bonds is 8. The van der Waals surface area contributed by atoms with Crippen molar-refractivity contribution in [3.05, 3.63) is 57.9 Å². The van der Waals surface area contributed by atoms with E-state index in [1.54, 1.807) is 20.8 Å². The first-order chi connectivity index (χ1) is 15.4. The van der Waals surface area contributed by atoms with Gasteiger partial charge < -0.3 is 4.90 Å². The maximum absolute atomic E-state index is 13.1. The topological polar surface area (TPSA) is 78.0 Å². The lowest BCUT2D eigenvalue weighted by atomic mass is 9.99. The summed E-state index contributed by atoms with van der Waals surface area (Å²) in [6.07, 6.45) is 2.73. The molecule has 0 spiro atoms. The summed E-state index contributed by atoms with van der Waals surface area (Å²) in [5.74, 6) is 0.465. The second kappa shape index (κ2) is 10.0. The standard InChI is InChI=1S/C22H27FN6OS2/c1-14(29-20(26-27-22(29)31)19-6-4-12-32-19)21(30)28(2)11-3-5-17-13-18(25-24-17)15-7-9-16(23)10-8-15/h4,6-10,12,14,17-18,24-25H,3,5,11,13H2,1-2H3,(H,27,31). The third kappa shape index (κ3) is 4.98. The summed E-state index contributed by atoms with van der Waals surface area (Å²) in [5, 5.41) is 9.11. The van der Waals surface area contributed by atoms with E-state index in [4.69, 9.17) is 12.2 Å². The van der Waals surface area contributed by atoms with Crippen LogP contribution in [0.5, 0.6) is 0 Å². The maximum atomic E-state index is 13.1. The largest absolute Gasteiger partial charge is 0.344 e. The van der Waals surface area contributed by atoms with Gasteiger partial charge in [-0.1, -0.05) is 18.2 Å². The number of aromatic nitrogens is 3. The molecule has 3 atom stereocenters. The summed E-state index contributed by atoms with van der Waals surface area (Å²) in [7, 11) is 1.83. The number of hydrogen-bond acceptors (Lipinski definition) is 6. The van der Waals surface area contributed by atoms with Gasteiger partial charge in [-0.3, -0.25) is 25.3 Å². The highest BCUT2D eigenvalue weighted by molar-refractivity contribution is 7.71. The molecule has 4 rings (SSSR count). The van der Waals surface area contributed by atoms with Gasteiger partial charge in [-0.25, -0.2) is 4.39 Å². The maximum Gasteiger partial charge on any atom is 0.245 e. The van der Waals surface area contributed by atoms with E-state index in [0.717, 1.165) is 29.7 Å². The van der Waals surface area contributed by atoms with E-state index in [0.29, 0.717) is 23.2 Å². The quantitative estimate of drug-likeness (QED) is 0.426. The number of benzene rings is 1. The number of H-pyrrole nitrogens is 1. The van der Waals surface area contributed by atoms with E-state index < -0.39 is 6.04 Å². The minimum absolute atomic E-state index is 0.00185. The Morgan fingerprint density at radius 1 is 1.34 bits per heavy atom. The van der Waals surface area contributed by atoms with Crippen LogP contribution < -0.4 is 10.9 Å². The number of carbonyl (C=O) groups is 1. The first-order valence-corrected chi connectivity index (χ1v) is 11.9. The molecule has 0 saturated carbocycles. The molecule has 3 aromatic rings. The molecule has 1 fully saturated rings. The highest BCUT2D eigenvalue weighted by atomic mass is 32.1. The third-order valence-corrected chi connectivity index (χ3v) is 7.02. The number of nitrogens with one attached hydrogen (secondary N) is 3. The van der Waals surface area contributed by atoms with Gasteiger partial charge in [-0.2, -0.15) is 5.10 Å². The molecule has 10 heteroatoms. The minimum Gasteiger partial charge on any atom is -0.344 e. The molecule has 1 aromatic carbocycles. The van der Waals surface area contributed by atoms with Crippen LogP contribution >= 0.6 is 23.6 Å². The number of hydrogen-bond donors (Lipinski definition) is 3. The Morgan fingerprint density at radius 2 is 2.12 bits per heavy atom. The molecule has 32 heavy (non-hydrogen) atoms. The Morgan fingerprint density at radius 3 is 2.84 bits per heavy atom. The predicted molar refractivity (Wildman–Crippen MR) is 126 cm³/mol. The van der Waals surface area contributed by atoms with Crippen molar-refractivity contribution in [1.82, 2.24) is 30.5 Å². The predicted octanol–water partition coefficient (Wildman–Crippen LogP) is 4.22. The van der Waals surface area contributed by atoms with Crippen molar-refractivity contribution in [1.29, 1.82) is 0 Å². The Labute approximate surface area is 195 Å². The molecule has 7 nitrogen and oxygen atoms in total. The molecule has 3 heterocycles. The summed E-state index contributed by atoms with van der Waals surface area (Å²) in [6.45, 7) is 2.51. The Hall–Kier alpha value is -2.40. The number of amides is 1. The second-order valence-corrected chi connectivity index (χ2v) is 9.44. The molecular formula is C22H27FN6OS2. The van der Waals surface area contributed by atoms with Crippen molar-refractivity contribution in [3.8, 4) is 10.7 Å². The van der Waals surface area contributed by atoms with Crippen molar-refractivity contribution in [3.63, 3.8) is 0 Å². The van der Waals surface area contributed by atoms with Gasteiger partial charge in [0.15, 0.2) is 10.6 Å². The zero-order valence-electron chi connectivity index (χ0n) is 18.0. The van der Waals surface area contributed by atoms with Crippen LogP contribution in [0.3, 0.4) is 0 Å². The number of thiophene rings is 1. The molecule has 170 valence electrons. The zero-order chi connectivity index (χ0) is 22.7. The van der Waals surface area contributed by atoms with Crippen molar-refractivity contribution in [2.24, 2.45) is 0 Å². The summed E-state index contributed by atoms with van der Waals surface area (Å²) < 4.78 is 15.4. The highest BCUT2D eigenvalue weighted by Crippen LogP contribution is 2.27. The molecule has 2 aromatic heterocycles. The molecule has 0 aliphatic carbocycles. The van der Waals surface area contributed by atoms with E-state index in [2.05, 4.69) is 21.0 Å². The molecule has 1 aliphatic rings. The van der Waals surface area contributed by atoms with E-state index in [1.165, 1.54) is 12.1 Å². The summed E-state index contributed by atoms with van der Waals surface area (Å²) in [5.41, 5.74) is 7.68. The molecule has 3 unspecified atom stereocenters. The van der Waals surface area contributed by atoms with Crippen molar-refractivity contribution < 1.29 is 9.18 Å². The molecule has 1 amide bonds. The first-order valence-electron chi connectivity index (χ1n) is 10.7. The lowest BCUT2D eigenvalue weighted by Crippen LogP contribution is -2.35. The van der Waals surface area contributed by atoms with Gasteiger partial charge in [-0.05, 0) is 67.5 Å². The number of carbonyl (C=O) groups excluding carboxylic acids is 1. The monoisotopic (exact) mass is 474 g/mol. The van der Waals surface area contributed by atoms with E-state index in [9.17, 15) is 9.18 Å². The van der Waals surface area contributed by atoms with Crippen molar-refractivity contribution in [2.75, 3.05) is 13.6 Å². The number of halogens is 1. The third-order valence-electron chi connectivity index (χ3n) is 5.87. The van der Waals surface area contributed by atoms with Crippen molar-refractivity contribution in [2.45, 2.75) is 44.3 Å². The molecule has 0 radical (unpaired) electrons. The average molecular weight is 475 g/mol. The number of likely N-dealkylation sites (N-methyl/N-ethyl adjacent to an activating group) is 1. The normalized spacial score (nSPS) is 19.2. The lowest BCUT2D eigenvalue weighted by Gasteiger charge is -2.23. The first kappa shape index (κ1) is 22.8. The summed E-state index contributed by atoms with van der Waals surface area (Å²) in [6, 6.07) is 10.6. The molecule has 1 aliphatic heterocycles. The van der Waals surface area contributed by atoms with E-state index in [1.807, 2.05) is 43.6 Å². The van der Waals surface area contributed by atoms with Gasteiger partial charge in [0.2, 0.25) is 5.91 Å². The van der Waals surface area contributed by atoms with E-state index in [-0.39, 0.29) is 17.8 Å². The number of aromatic amines is 1. The Bertz CT molecular complexity index is 1090. The lowest BCUT2D eigenvalue weighted by molar-refractivity contribution is -0.133. The van der Waals surface area contributed by atoms with Crippen LogP contribution in [0.2, 0.25) is 0 Å². The highest BCUT2D eigenvalue weighted by Gasteiger charge is 2.26. The molecule has 1 saturated heterocycles. The average Bonchev–Trinajstić information content (AvgIpc) is 3.54. The van der Waals surface area contributed by atoms with Crippen molar-refractivity contribution >= 4 is 29.5 Å². The smallest absolute Gasteiger partial charge is 0.245 e. The van der Waals surface area contributed by atoms with Gasteiger partial charge in [0.1, 0.15) is 11.9 Å². The van der Waals surface area contributed by atoms with Crippen LogP contribution in [-0.4, -0.2) is 45.2 Å². The van der Waals surface area contributed by atoms with Crippen LogP contribution in [0, 0.1) is 10.6 Å². The zero-order valence-corrected chi connectivity index (χ0v) is 19.7. The van der Waals surface area contributed by atoms with Gasteiger partial charge >= 0.3 is 0 Å². The van der Waals surface area contributed by atoms with Gasteiger partial charge in [0.25, 0.3) is 0 Å². The van der Waals surface area contributed by atoms with Crippen LogP contribution in [-0.2, 0) is 4.79 Å². The van der Waals surface area contributed by atoms with Gasteiger partial charge in [-0.15, -0.1) is 11.3 Å². The van der Waals surface area contributed by atoms with Crippen LogP contribution in [0.1, 0.15) is 43.8 Å². The SMILES string of the molecule is CC(C(=O)N(C)CCCC1CC(c2ccc(F)cc2)NN1)n1c(-c2cccs2)n[nH]c1=S. The Kier molecular flexibility index (Phi) is 7.14. The van der Waals surface area contributed by atoms with Crippen LogP contribution in [0.15, 0.2) is 41.8 Å². The second-order valence-electron chi connectivity index (χ2n) is 8.10. The molecule has 3 N–H and O–H groups in total. The van der Waals surface area contributed by atoms with E-state index >= 15 is 0 Å².